The molecule has 1 N–H and O–H groups in total. The number of benzene rings is 1. The third-order valence-electron chi connectivity index (χ3n) is 3.89. The van der Waals surface area contributed by atoms with E-state index in [9.17, 15) is 9.59 Å². The predicted octanol–water partition coefficient (Wildman–Crippen LogP) is 4.12. The summed E-state index contributed by atoms with van der Waals surface area (Å²) in [6, 6.07) is 9.12. The van der Waals surface area contributed by atoms with Crippen LogP contribution < -0.4 is 5.32 Å². The highest BCUT2D eigenvalue weighted by Crippen LogP contribution is 2.32. The summed E-state index contributed by atoms with van der Waals surface area (Å²) >= 11 is 0. The molecular weight excluding hydrogens is 316 g/mol. The number of nitrogens with one attached hydrogen (secondary N) is 1. The number of para-hydroxylation sites is 1. The molecule has 1 aromatic heterocycles. The Morgan fingerprint density at radius 2 is 1.56 bits per heavy atom. The molecule has 0 aliphatic rings. The summed E-state index contributed by atoms with van der Waals surface area (Å²) in [7, 11) is 0. The molecule has 0 aliphatic heterocycles. The summed E-state index contributed by atoms with van der Waals surface area (Å²) in [6.07, 6.45) is 3.01. The second-order valence-corrected chi connectivity index (χ2v) is 6.48. The van der Waals surface area contributed by atoms with Crippen LogP contribution in [0.25, 0.3) is 0 Å². The number of hydrogen-bond donors (Lipinski definition) is 1. The van der Waals surface area contributed by atoms with Gasteiger partial charge in [-0.2, -0.15) is 0 Å². The monoisotopic (exact) mass is 340 g/mol. The van der Waals surface area contributed by atoms with Gasteiger partial charge in [-0.05, 0) is 35.1 Å². The van der Waals surface area contributed by atoms with Crippen LogP contribution in [0.15, 0.2) is 42.7 Å². The van der Waals surface area contributed by atoms with Crippen LogP contribution in [-0.4, -0.2) is 23.5 Å². The van der Waals surface area contributed by atoms with Crippen LogP contribution in [0.2, 0.25) is 0 Å². The number of nitrogens with zero attached hydrogens (tertiary/aromatic N) is 1. The normalized spacial score (nSPS) is 10.8. The molecule has 0 unspecified atom stereocenters. The van der Waals surface area contributed by atoms with Crippen molar-refractivity contribution in [1.82, 2.24) is 4.98 Å². The highest BCUT2D eigenvalue weighted by Gasteiger charge is 2.17. The van der Waals surface area contributed by atoms with Crippen LogP contribution in [0.4, 0.5) is 5.69 Å². The Bertz CT molecular complexity index is 714. The number of aromatic nitrogens is 1. The zero-order chi connectivity index (χ0) is 18.4. The minimum Gasteiger partial charge on any atom is -0.452 e. The molecule has 1 amide bonds. The van der Waals surface area contributed by atoms with Crippen LogP contribution in [0.1, 0.15) is 61.0 Å². The molecule has 2 rings (SSSR count). The van der Waals surface area contributed by atoms with Crippen molar-refractivity contribution in [3.05, 3.63) is 59.4 Å². The highest BCUT2D eigenvalue weighted by molar-refractivity contribution is 5.96. The molecule has 5 heteroatoms. The summed E-state index contributed by atoms with van der Waals surface area (Å²) in [4.78, 5) is 28.1. The van der Waals surface area contributed by atoms with Gasteiger partial charge in [-0.1, -0.05) is 45.9 Å². The van der Waals surface area contributed by atoms with E-state index >= 15 is 0 Å². The number of esters is 1. The number of amides is 1. The molecule has 0 atom stereocenters. The van der Waals surface area contributed by atoms with Crippen molar-refractivity contribution >= 4 is 17.6 Å². The van der Waals surface area contributed by atoms with Crippen molar-refractivity contribution < 1.29 is 14.3 Å². The van der Waals surface area contributed by atoms with Gasteiger partial charge in [0.05, 0.1) is 5.56 Å². The molecule has 0 aliphatic carbocycles. The SMILES string of the molecule is CC(C)c1cccc(C(C)C)c1NC(=O)COC(=O)c1ccncc1. The van der Waals surface area contributed by atoms with Crippen LogP contribution in [-0.2, 0) is 9.53 Å². The minimum absolute atomic E-state index is 0.272. The summed E-state index contributed by atoms with van der Waals surface area (Å²) in [5.74, 6) is -0.349. The van der Waals surface area contributed by atoms with E-state index in [4.69, 9.17) is 4.74 Å². The number of hydrogen-bond acceptors (Lipinski definition) is 4. The van der Waals surface area contributed by atoms with Crippen molar-refractivity contribution in [1.29, 1.82) is 0 Å². The van der Waals surface area contributed by atoms with E-state index in [0.29, 0.717) is 5.56 Å². The fourth-order valence-corrected chi connectivity index (χ4v) is 2.57. The quantitative estimate of drug-likeness (QED) is 0.803. The standard InChI is InChI=1S/C20H24N2O3/c1-13(2)16-6-5-7-17(14(3)4)19(16)22-18(23)12-25-20(24)15-8-10-21-11-9-15/h5-11,13-14H,12H2,1-4H3,(H,22,23). The van der Waals surface area contributed by atoms with Crippen molar-refractivity contribution in [3.8, 4) is 0 Å². The first-order valence-corrected chi connectivity index (χ1v) is 8.40. The molecule has 132 valence electrons. The molecule has 1 heterocycles. The second kappa shape index (κ2) is 8.42. The van der Waals surface area contributed by atoms with Crippen molar-refractivity contribution in [2.75, 3.05) is 11.9 Å². The second-order valence-electron chi connectivity index (χ2n) is 6.48. The lowest BCUT2D eigenvalue weighted by Crippen LogP contribution is -2.22. The topological polar surface area (TPSA) is 68.3 Å². The fourth-order valence-electron chi connectivity index (χ4n) is 2.57. The van der Waals surface area contributed by atoms with Gasteiger partial charge in [-0.15, -0.1) is 0 Å². The van der Waals surface area contributed by atoms with E-state index in [1.165, 1.54) is 12.4 Å². The molecule has 0 spiro atoms. The van der Waals surface area contributed by atoms with Crippen molar-refractivity contribution in [3.63, 3.8) is 0 Å². The lowest BCUT2D eigenvalue weighted by atomic mass is 9.92. The van der Waals surface area contributed by atoms with Crippen molar-refractivity contribution in [2.45, 2.75) is 39.5 Å². The zero-order valence-electron chi connectivity index (χ0n) is 15.1. The summed E-state index contributed by atoms with van der Waals surface area (Å²) < 4.78 is 5.08. The first-order chi connectivity index (χ1) is 11.9. The molecule has 1 aromatic carbocycles. The van der Waals surface area contributed by atoms with E-state index in [1.54, 1.807) is 12.1 Å². The number of anilines is 1. The Hall–Kier alpha value is -2.69. The Labute approximate surface area is 148 Å². The van der Waals surface area contributed by atoms with E-state index in [1.807, 2.05) is 18.2 Å². The maximum atomic E-state index is 12.3. The number of rotatable bonds is 6. The highest BCUT2D eigenvalue weighted by atomic mass is 16.5. The summed E-state index contributed by atoms with van der Waals surface area (Å²) in [6.45, 7) is 8.00. The molecular formula is C20H24N2O3. The largest absolute Gasteiger partial charge is 0.452 e. The number of carbonyl (C=O) groups is 2. The van der Waals surface area contributed by atoms with Gasteiger partial charge in [0.1, 0.15) is 0 Å². The Morgan fingerprint density at radius 3 is 2.08 bits per heavy atom. The fraction of sp³-hybridized carbons (Fsp3) is 0.350. The summed E-state index contributed by atoms with van der Waals surface area (Å²) in [5, 5.41) is 2.92. The van der Waals surface area contributed by atoms with E-state index in [2.05, 4.69) is 38.0 Å². The maximum absolute atomic E-state index is 12.3. The third-order valence-corrected chi connectivity index (χ3v) is 3.89. The average molecular weight is 340 g/mol. The molecule has 0 saturated carbocycles. The number of carbonyl (C=O) groups excluding carboxylic acids is 2. The van der Waals surface area contributed by atoms with Gasteiger partial charge in [0.15, 0.2) is 6.61 Å². The third kappa shape index (κ3) is 4.89. The molecule has 5 nitrogen and oxygen atoms in total. The Morgan fingerprint density at radius 1 is 1.00 bits per heavy atom. The van der Waals surface area contributed by atoms with Gasteiger partial charge in [0, 0.05) is 18.1 Å². The van der Waals surface area contributed by atoms with Crippen molar-refractivity contribution in [2.24, 2.45) is 0 Å². The van der Waals surface area contributed by atoms with Gasteiger partial charge in [0.2, 0.25) is 0 Å². The molecule has 0 bridgehead atoms. The van der Waals surface area contributed by atoms with Gasteiger partial charge >= 0.3 is 5.97 Å². The average Bonchev–Trinajstić information content (AvgIpc) is 2.60. The molecule has 2 aromatic rings. The lowest BCUT2D eigenvalue weighted by Gasteiger charge is -2.20. The van der Waals surface area contributed by atoms with E-state index < -0.39 is 5.97 Å². The van der Waals surface area contributed by atoms with Gasteiger partial charge in [0.25, 0.3) is 5.91 Å². The smallest absolute Gasteiger partial charge is 0.338 e. The van der Waals surface area contributed by atoms with Crippen LogP contribution in [0.3, 0.4) is 0 Å². The molecule has 0 radical (unpaired) electrons. The van der Waals surface area contributed by atoms with E-state index in [-0.39, 0.29) is 24.3 Å². The van der Waals surface area contributed by atoms with Gasteiger partial charge in [-0.3, -0.25) is 9.78 Å². The molecule has 0 fully saturated rings. The zero-order valence-corrected chi connectivity index (χ0v) is 15.1. The lowest BCUT2D eigenvalue weighted by molar-refractivity contribution is -0.119. The first-order valence-electron chi connectivity index (χ1n) is 8.40. The number of ether oxygens (including phenoxy) is 1. The minimum atomic E-state index is -0.543. The predicted molar refractivity (Wildman–Crippen MR) is 97.8 cm³/mol. The summed E-state index contributed by atoms with van der Waals surface area (Å²) in [5.41, 5.74) is 3.32. The molecule has 25 heavy (non-hydrogen) atoms. The maximum Gasteiger partial charge on any atom is 0.338 e. The van der Waals surface area contributed by atoms with Crippen LogP contribution in [0.5, 0.6) is 0 Å². The Kier molecular flexibility index (Phi) is 6.28. The molecule has 0 saturated heterocycles. The first kappa shape index (κ1) is 18.6. The van der Waals surface area contributed by atoms with Gasteiger partial charge in [-0.25, -0.2) is 4.79 Å². The number of pyridine rings is 1. The van der Waals surface area contributed by atoms with Crippen LogP contribution >= 0.6 is 0 Å². The van der Waals surface area contributed by atoms with Crippen LogP contribution in [0, 0.1) is 0 Å². The van der Waals surface area contributed by atoms with E-state index in [0.717, 1.165) is 16.8 Å². The Balaban J connectivity index is 2.09. The van der Waals surface area contributed by atoms with Gasteiger partial charge < -0.3 is 10.1 Å².